The number of aromatic nitrogens is 2. The molecular weight excluding hydrogens is 679 g/mol. The maximum atomic E-state index is 6.51. The van der Waals surface area contributed by atoms with Crippen molar-refractivity contribution in [3.05, 3.63) is 176 Å². The first-order valence-electron chi connectivity index (χ1n) is 18.4. The number of anilines is 3. The van der Waals surface area contributed by atoms with Crippen molar-refractivity contribution in [3.63, 3.8) is 0 Å². The number of rotatable bonds is 5. The highest BCUT2D eigenvalue weighted by Gasteiger charge is 2.20. The predicted molar refractivity (Wildman–Crippen MR) is 223 cm³/mol. The number of para-hydroxylation sites is 4. The fraction of sp³-hybridized carbons (Fsp3) is 0. The quantitative estimate of drug-likeness (QED) is 0.178. The van der Waals surface area contributed by atoms with E-state index in [4.69, 9.17) is 18.2 Å². The molecule has 0 N–H and O–H groups in total. The van der Waals surface area contributed by atoms with Crippen LogP contribution in [0.5, 0.6) is 0 Å². The Hall–Kier alpha value is -7.57. The molecule has 0 aliphatic rings. The van der Waals surface area contributed by atoms with Gasteiger partial charge in [0.25, 0.3) is 0 Å². The lowest BCUT2D eigenvalue weighted by Gasteiger charge is -2.26. The van der Waals surface area contributed by atoms with Crippen molar-refractivity contribution in [1.29, 1.82) is 0 Å². The van der Waals surface area contributed by atoms with E-state index in [9.17, 15) is 0 Å². The average molecular weight is 708 g/mol. The molecular formula is C49H29N3O3. The number of nitrogens with zero attached hydrogens (tertiary/aromatic N) is 3. The summed E-state index contributed by atoms with van der Waals surface area (Å²) in [6.07, 6.45) is 0. The van der Waals surface area contributed by atoms with Gasteiger partial charge in [0.15, 0.2) is 5.58 Å². The van der Waals surface area contributed by atoms with E-state index in [-0.39, 0.29) is 0 Å². The first-order valence-corrected chi connectivity index (χ1v) is 18.4. The molecule has 6 heteroatoms. The fourth-order valence-corrected chi connectivity index (χ4v) is 8.33. The number of fused-ring (bicyclic) bond motifs is 11. The highest BCUT2D eigenvalue weighted by atomic mass is 16.4. The van der Waals surface area contributed by atoms with Gasteiger partial charge < -0.3 is 22.7 Å². The maximum absolute atomic E-state index is 6.51. The first-order chi connectivity index (χ1) is 27.2. The minimum atomic E-state index is 0.560. The Morgan fingerprint density at radius 3 is 1.91 bits per heavy atom. The first kappa shape index (κ1) is 29.9. The number of furan rings is 2. The molecule has 0 bridgehead atoms. The van der Waals surface area contributed by atoms with Gasteiger partial charge in [-0.15, -0.1) is 0 Å². The van der Waals surface area contributed by atoms with Gasteiger partial charge in [0, 0.05) is 61.3 Å². The second kappa shape index (κ2) is 11.5. The third kappa shape index (κ3) is 4.52. The number of oxazole rings is 1. The van der Waals surface area contributed by atoms with E-state index in [1.807, 2.05) is 42.5 Å². The zero-order valence-electron chi connectivity index (χ0n) is 29.3. The Balaban J connectivity index is 1.02. The van der Waals surface area contributed by atoms with Gasteiger partial charge in [-0.2, -0.15) is 0 Å². The molecule has 0 atom stereocenters. The average Bonchev–Trinajstić information content (AvgIpc) is 4.01. The van der Waals surface area contributed by atoms with Crippen molar-refractivity contribution in [2.24, 2.45) is 0 Å². The SMILES string of the molecule is c1ccc(-n2c3ccccc3c3cc(N(c4ccc(-c5nc6ccc7oc8ccccc8c7c6o5)cc4)c4ccc5c(c4)oc4ccccc45)ccc32)cc1. The van der Waals surface area contributed by atoms with Crippen molar-refractivity contribution in [3.8, 4) is 17.1 Å². The molecule has 6 nitrogen and oxygen atoms in total. The van der Waals surface area contributed by atoms with Crippen LogP contribution in [-0.2, 0) is 0 Å². The van der Waals surface area contributed by atoms with Gasteiger partial charge in [-0.25, -0.2) is 4.98 Å². The molecule has 0 fully saturated rings. The molecule has 4 aromatic heterocycles. The van der Waals surface area contributed by atoms with E-state index in [1.54, 1.807) is 0 Å². The van der Waals surface area contributed by atoms with E-state index in [2.05, 4.69) is 143 Å². The largest absolute Gasteiger partial charge is 0.456 e. The molecule has 0 radical (unpaired) electrons. The number of benzene rings is 8. The van der Waals surface area contributed by atoms with Crippen LogP contribution in [0.1, 0.15) is 0 Å². The standard InChI is InChI=1S/C49H29N3O3/c1-2-10-31(11-3-1)52-41-15-7-4-12-35(41)39-28-33(23-26-42(39)52)51(34-22-24-37-36-13-5-8-16-43(36)54-46(37)29-34)32-20-18-30(19-21-32)49-50-40-25-27-45-47(48(40)55-49)38-14-6-9-17-44(38)53-45/h1-29H. The normalized spacial score (nSPS) is 12.0. The smallest absolute Gasteiger partial charge is 0.227 e. The Morgan fingerprint density at radius 1 is 0.418 bits per heavy atom. The molecule has 0 spiro atoms. The van der Waals surface area contributed by atoms with Crippen LogP contribution in [0, 0.1) is 0 Å². The Kier molecular flexibility index (Phi) is 6.24. The van der Waals surface area contributed by atoms with Crippen LogP contribution in [0.3, 0.4) is 0 Å². The molecule has 12 aromatic rings. The van der Waals surface area contributed by atoms with Crippen LogP contribution in [0.15, 0.2) is 189 Å². The monoisotopic (exact) mass is 707 g/mol. The summed E-state index contributed by atoms with van der Waals surface area (Å²) >= 11 is 0. The number of hydrogen-bond donors (Lipinski definition) is 0. The molecule has 8 aromatic carbocycles. The predicted octanol–water partition coefficient (Wildman–Crippen LogP) is 13.9. The summed E-state index contributed by atoms with van der Waals surface area (Å²) in [6, 6.07) is 61.0. The van der Waals surface area contributed by atoms with Gasteiger partial charge in [-0.1, -0.05) is 72.8 Å². The van der Waals surface area contributed by atoms with Crippen LogP contribution in [0.2, 0.25) is 0 Å². The van der Waals surface area contributed by atoms with Crippen LogP contribution in [0.4, 0.5) is 17.1 Å². The van der Waals surface area contributed by atoms with Crippen molar-refractivity contribution in [2.45, 2.75) is 0 Å². The molecule has 258 valence electrons. The van der Waals surface area contributed by atoms with Crippen LogP contribution in [0.25, 0.3) is 93.9 Å². The zero-order valence-corrected chi connectivity index (χ0v) is 29.3. The van der Waals surface area contributed by atoms with Crippen LogP contribution < -0.4 is 4.90 Å². The van der Waals surface area contributed by atoms with Gasteiger partial charge in [0.2, 0.25) is 5.89 Å². The Bertz CT molecular complexity index is 3440. The second-order valence-electron chi connectivity index (χ2n) is 14.0. The summed E-state index contributed by atoms with van der Waals surface area (Å²) in [5, 5.41) is 6.52. The van der Waals surface area contributed by atoms with Crippen molar-refractivity contribution in [2.75, 3.05) is 4.90 Å². The minimum absolute atomic E-state index is 0.560. The van der Waals surface area contributed by atoms with Gasteiger partial charge in [-0.05, 0) is 97.1 Å². The summed E-state index contributed by atoms with van der Waals surface area (Å²) in [6.45, 7) is 0. The van der Waals surface area contributed by atoms with Crippen molar-refractivity contribution in [1.82, 2.24) is 9.55 Å². The summed E-state index contributed by atoms with van der Waals surface area (Å²) in [4.78, 5) is 7.21. The molecule has 0 amide bonds. The highest BCUT2D eigenvalue weighted by Crippen LogP contribution is 2.43. The van der Waals surface area contributed by atoms with E-state index < -0.39 is 0 Å². The lowest BCUT2D eigenvalue weighted by atomic mass is 10.1. The molecule has 55 heavy (non-hydrogen) atoms. The van der Waals surface area contributed by atoms with E-state index >= 15 is 0 Å². The minimum Gasteiger partial charge on any atom is -0.456 e. The maximum Gasteiger partial charge on any atom is 0.227 e. The Morgan fingerprint density at radius 2 is 1.05 bits per heavy atom. The van der Waals surface area contributed by atoms with Gasteiger partial charge >= 0.3 is 0 Å². The summed E-state index contributed by atoms with van der Waals surface area (Å²) < 4.78 is 21.4. The van der Waals surface area contributed by atoms with Crippen molar-refractivity contribution >= 4 is 93.8 Å². The summed E-state index contributed by atoms with van der Waals surface area (Å²) in [5.41, 5.74) is 12.2. The third-order valence-electron chi connectivity index (χ3n) is 10.8. The Labute approximate surface area is 313 Å². The molecule has 12 rings (SSSR count). The van der Waals surface area contributed by atoms with E-state index in [1.165, 1.54) is 16.3 Å². The van der Waals surface area contributed by atoms with Crippen molar-refractivity contribution < 1.29 is 13.3 Å². The van der Waals surface area contributed by atoms with E-state index in [0.29, 0.717) is 5.89 Å². The highest BCUT2D eigenvalue weighted by molar-refractivity contribution is 6.16. The van der Waals surface area contributed by atoms with Gasteiger partial charge in [0.1, 0.15) is 27.8 Å². The van der Waals surface area contributed by atoms with Crippen LogP contribution in [-0.4, -0.2) is 9.55 Å². The second-order valence-corrected chi connectivity index (χ2v) is 14.0. The van der Waals surface area contributed by atoms with Gasteiger partial charge in [0.05, 0.1) is 16.4 Å². The van der Waals surface area contributed by atoms with Gasteiger partial charge in [-0.3, -0.25) is 0 Å². The molecule has 4 heterocycles. The third-order valence-corrected chi connectivity index (χ3v) is 10.8. The molecule has 0 aliphatic heterocycles. The van der Waals surface area contributed by atoms with Crippen LogP contribution >= 0.6 is 0 Å². The zero-order chi connectivity index (χ0) is 36.0. The topological polar surface area (TPSA) is 60.5 Å². The molecule has 0 saturated heterocycles. The number of hydrogen-bond acceptors (Lipinski definition) is 5. The lowest BCUT2D eigenvalue weighted by Crippen LogP contribution is -2.09. The molecule has 0 aliphatic carbocycles. The molecule has 0 unspecified atom stereocenters. The summed E-state index contributed by atoms with van der Waals surface area (Å²) in [5.74, 6) is 0.560. The molecule has 0 saturated carbocycles. The summed E-state index contributed by atoms with van der Waals surface area (Å²) in [7, 11) is 0. The lowest BCUT2D eigenvalue weighted by molar-refractivity contribution is 0.622. The van der Waals surface area contributed by atoms with E-state index in [0.717, 1.165) is 88.8 Å². The fourth-order valence-electron chi connectivity index (χ4n) is 8.33.